The van der Waals surface area contributed by atoms with Gasteiger partial charge in [-0.05, 0) is 65.7 Å². The number of anilines is 2. The van der Waals surface area contributed by atoms with Crippen LogP contribution < -0.4 is 15.8 Å². The molecule has 11 nitrogen and oxygen atoms in total. The van der Waals surface area contributed by atoms with Gasteiger partial charge in [0.1, 0.15) is 33.9 Å². The minimum Gasteiger partial charge on any atom is -0.444 e. The molecule has 1 fully saturated rings. The molecular formula is C33H35F3N6O5S. The van der Waals surface area contributed by atoms with Crippen molar-refractivity contribution < 1.29 is 37.0 Å². The number of thiophene rings is 1. The Balaban J connectivity index is 1.43. The van der Waals surface area contributed by atoms with Gasteiger partial charge in [0.05, 0.1) is 27.6 Å². The van der Waals surface area contributed by atoms with Crippen LogP contribution in [0.3, 0.4) is 0 Å². The summed E-state index contributed by atoms with van der Waals surface area (Å²) in [5.41, 5.74) is 0.720. The molecule has 4 heterocycles. The van der Waals surface area contributed by atoms with Crippen molar-refractivity contribution >= 4 is 50.2 Å². The number of fused-ring (bicyclic) bond motifs is 2. The Morgan fingerprint density at radius 2 is 1.75 bits per heavy atom. The van der Waals surface area contributed by atoms with E-state index < -0.39 is 53.3 Å². The third kappa shape index (κ3) is 5.99. The molecule has 3 aromatic rings. The minimum absolute atomic E-state index is 0.00944. The summed E-state index contributed by atoms with van der Waals surface area (Å²) in [6, 6.07) is 4.93. The van der Waals surface area contributed by atoms with E-state index in [1.807, 2.05) is 6.07 Å². The fourth-order valence-electron chi connectivity index (χ4n) is 6.34. The lowest BCUT2D eigenvalue weighted by atomic mass is 9.90. The van der Waals surface area contributed by atoms with Crippen molar-refractivity contribution in [2.24, 2.45) is 0 Å². The SMILES string of the molecule is CC(C)(C)OC(=O)Nc1sc2c(F)ccc(-c3c(F)cc4c5c3C(F)NN5CCC3CN(C(=O)OC(C)(C)C)CCN3C4=O)c2c1C#N. The largest absolute Gasteiger partial charge is 0.444 e. The molecular weight excluding hydrogens is 649 g/mol. The molecule has 2 atom stereocenters. The summed E-state index contributed by atoms with van der Waals surface area (Å²) in [5.74, 6) is -2.19. The molecule has 2 N–H and O–H groups in total. The Kier molecular flexibility index (Phi) is 8.23. The van der Waals surface area contributed by atoms with Crippen LogP contribution in [0, 0.1) is 23.0 Å². The van der Waals surface area contributed by atoms with Gasteiger partial charge in [-0.2, -0.15) is 10.7 Å². The fraction of sp³-hybridized carbons (Fsp3) is 0.455. The van der Waals surface area contributed by atoms with Crippen LogP contribution in [-0.2, 0) is 9.47 Å². The third-order valence-electron chi connectivity index (χ3n) is 8.18. The van der Waals surface area contributed by atoms with E-state index in [1.165, 1.54) is 16.0 Å². The van der Waals surface area contributed by atoms with Crippen molar-refractivity contribution in [1.82, 2.24) is 15.2 Å². The molecule has 1 aromatic heterocycles. The van der Waals surface area contributed by atoms with Crippen LogP contribution in [0.15, 0.2) is 18.2 Å². The van der Waals surface area contributed by atoms with Crippen molar-refractivity contribution in [2.45, 2.75) is 71.5 Å². The summed E-state index contributed by atoms with van der Waals surface area (Å²) in [5, 5.41) is 14.1. The molecule has 0 saturated carbocycles. The number of ether oxygens (including phenoxy) is 2. The van der Waals surface area contributed by atoms with Gasteiger partial charge in [0.2, 0.25) is 0 Å². The van der Waals surface area contributed by atoms with Crippen LogP contribution in [0.5, 0.6) is 0 Å². The second kappa shape index (κ2) is 11.9. The Hall–Kier alpha value is -4.55. The number of nitrogens with one attached hydrogen (secondary N) is 2. The molecule has 6 rings (SSSR count). The average Bonchev–Trinajstić information content (AvgIpc) is 3.51. The topological polar surface area (TPSA) is 127 Å². The molecule has 254 valence electrons. The van der Waals surface area contributed by atoms with Gasteiger partial charge in [0.25, 0.3) is 5.91 Å². The lowest BCUT2D eigenvalue weighted by Crippen LogP contribution is -2.58. The summed E-state index contributed by atoms with van der Waals surface area (Å²) in [6.45, 7) is 11.0. The van der Waals surface area contributed by atoms with Crippen molar-refractivity contribution in [3.05, 3.63) is 46.5 Å². The average molecular weight is 685 g/mol. The predicted molar refractivity (Wildman–Crippen MR) is 173 cm³/mol. The first-order chi connectivity index (χ1) is 22.5. The number of hydrogen-bond acceptors (Lipinski definition) is 9. The number of piperazine rings is 1. The summed E-state index contributed by atoms with van der Waals surface area (Å²) in [6.07, 6.45) is -2.96. The maximum absolute atomic E-state index is 16.4. The molecule has 15 heteroatoms. The number of carbonyl (C=O) groups is 3. The molecule has 2 aromatic carbocycles. The van der Waals surface area contributed by atoms with Crippen LogP contribution in [-0.4, -0.2) is 71.3 Å². The van der Waals surface area contributed by atoms with Gasteiger partial charge in [-0.3, -0.25) is 10.1 Å². The second-order valence-electron chi connectivity index (χ2n) is 13.9. The van der Waals surface area contributed by atoms with Crippen molar-refractivity contribution in [1.29, 1.82) is 5.26 Å². The molecule has 3 aliphatic rings. The smallest absolute Gasteiger partial charge is 0.412 e. The van der Waals surface area contributed by atoms with Gasteiger partial charge in [-0.25, -0.2) is 22.8 Å². The molecule has 1 saturated heterocycles. The zero-order valence-electron chi connectivity index (χ0n) is 27.3. The van der Waals surface area contributed by atoms with Gasteiger partial charge < -0.3 is 24.3 Å². The molecule has 0 spiro atoms. The van der Waals surface area contributed by atoms with Crippen LogP contribution in [0.1, 0.15) is 75.7 Å². The fourth-order valence-corrected chi connectivity index (χ4v) is 7.41. The van der Waals surface area contributed by atoms with Gasteiger partial charge >= 0.3 is 12.2 Å². The summed E-state index contributed by atoms with van der Waals surface area (Å²) < 4.78 is 58.4. The van der Waals surface area contributed by atoms with Crippen LogP contribution in [0.4, 0.5) is 33.4 Å². The Morgan fingerprint density at radius 3 is 2.42 bits per heavy atom. The number of alkyl halides is 1. The predicted octanol–water partition coefficient (Wildman–Crippen LogP) is 6.82. The van der Waals surface area contributed by atoms with Crippen LogP contribution in [0.25, 0.3) is 21.2 Å². The van der Waals surface area contributed by atoms with E-state index in [0.29, 0.717) is 6.42 Å². The highest BCUT2D eigenvalue weighted by Crippen LogP contribution is 2.50. The molecule has 3 aliphatic heterocycles. The number of halogens is 3. The molecule has 2 unspecified atom stereocenters. The number of carbonyl (C=O) groups excluding carboxylic acids is 3. The zero-order valence-corrected chi connectivity index (χ0v) is 28.1. The summed E-state index contributed by atoms with van der Waals surface area (Å²) >= 11 is 0.772. The number of nitrogens with zero attached hydrogens (tertiary/aromatic N) is 4. The quantitative estimate of drug-likeness (QED) is 0.282. The zero-order chi connectivity index (χ0) is 34.9. The molecule has 48 heavy (non-hydrogen) atoms. The number of nitriles is 1. The normalized spacial score (nSPS) is 19.3. The lowest BCUT2D eigenvalue weighted by molar-refractivity contribution is 0.00340. The maximum Gasteiger partial charge on any atom is 0.412 e. The number of benzene rings is 2. The lowest BCUT2D eigenvalue weighted by Gasteiger charge is -2.43. The van der Waals surface area contributed by atoms with E-state index in [-0.39, 0.29) is 74.8 Å². The van der Waals surface area contributed by atoms with E-state index in [0.717, 1.165) is 23.5 Å². The van der Waals surface area contributed by atoms with Crippen molar-refractivity contribution in [2.75, 3.05) is 36.5 Å². The van der Waals surface area contributed by atoms with E-state index in [9.17, 15) is 19.6 Å². The first kappa shape index (κ1) is 33.4. The van der Waals surface area contributed by atoms with Gasteiger partial charge in [-0.1, -0.05) is 6.07 Å². The molecule has 0 radical (unpaired) electrons. The summed E-state index contributed by atoms with van der Waals surface area (Å²) in [7, 11) is 0. The molecule has 0 bridgehead atoms. The highest BCUT2D eigenvalue weighted by atomic mass is 32.1. The van der Waals surface area contributed by atoms with E-state index >= 15 is 13.2 Å². The molecule has 3 amide bonds. The number of rotatable bonds is 2. The Bertz CT molecular complexity index is 1900. The summed E-state index contributed by atoms with van der Waals surface area (Å²) in [4.78, 5) is 42.5. The van der Waals surface area contributed by atoms with Gasteiger partial charge in [0.15, 0.2) is 6.30 Å². The maximum atomic E-state index is 16.4. The first-order valence-corrected chi connectivity index (χ1v) is 16.3. The van der Waals surface area contributed by atoms with E-state index in [4.69, 9.17) is 9.47 Å². The van der Waals surface area contributed by atoms with Crippen molar-refractivity contribution in [3.63, 3.8) is 0 Å². The van der Waals surface area contributed by atoms with Gasteiger partial charge in [-0.15, -0.1) is 11.3 Å². The standard InChI is InChI=1S/C33H35F3N6O5S/c1-32(2,3)46-30(44)38-28-19(14-37)22-17(7-8-20(34)26(22)48-28)23-21(35)13-18-25-24(23)27(36)39-42(25)10-9-16-15-40(11-12-41(16)29(18)43)31(45)47-33(4,5)6/h7-8,13,16,27,39H,9-12,15H2,1-6H3,(H,38,44). The van der Waals surface area contributed by atoms with Crippen LogP contribution in [0.2, 0.25) is 0 Å². The van der Waals surface area contributed by atoms with E-state index in [1.54, 1.807) is 46.4 Å². The highest BCUT2D eigenvalue weighted by Gasteiger charge is 2.43. The highest BCUT2D eigenvalue weighted by molar-refractivity contribution is 7.23. The van der Waals surface area contributed by atoms with Crippen molar-refractivity contribution in [3.8, 4) is 17.2 Å². The third-order valence-corrected chi connectivity index (χ3v) is 9.29. The number of hydrogen-bond donors (Lipinski definition) is 2. The van der Waals surface area contributed by atoms with Crippen LogP contribution >= 0.6 is 11.3 Å². The van der Waals surface area contributed by atoms with E-state index in [2.05, 4.69) is 10.7 Å². The number of amides is 3. The van der Waals surface area contributed by atoms with Gasteiger partial charge in [0, 0.05) is 42.7 Å². The molecule has 0 aliphatic carbocycles. The Labute approximate surface area is 279 Å². The monoisotopic (exact) mass is 684 g/mol. The second-order valence-corrected chi connectivity index (χ2v) is 14.9. The minimum atomic E-state index is -1.95. The first-order valence-electron chi connectivity index (χ1n) is 15.5. The number of hydrazine groups is 1. The Morgan fingerprint density at radius 1 is 1.04 bits per heavy atom.